The molecule has 0 unspecified atom stereocenters. The van der Waals surface area contributed by atoms with Crippen LogP contribution in [-0.2, 0) is 0 Å². The van der Waals surface area contributed by atoms with E-state index in [2.05, 4.69) is 15.0 Å². The van der Waals surface area contributed by atoms with E-state index in [1.807, 2.05) is 45.0 Å². The molecule has 0 aliphatic carbocycles. The largest absolute Gasteiger partial charge is 0.476 e. The first-order valence-corrected chi connectivity index (χ1v) is 9.36. The third kappa shape index (κ3) is 4.03. The van der Waals surface area contributed by atoms with Crippen LogP contribution in [0.25, 0.3) is 22.7 Å². The first kappa shape index (κ1) is 18.9. The number of hydrogen-bond donors (Lipinski definition) is 0. The topological polar surface area (TPSA) is 70.3 Å². The van der Waals surface area contributed by atoms with Crippen molar-refractivity contribution in [1.29, 1.82) is 0 Å². The molecule has 29 heavy (non-hydrogen) atoms. The van der Waals surface area contributed by atoms with Crippen molar-refractivity contribution >= 4 is 11.2 Å². The molecule has 0 fully saturated rings. The van der Waals surface area contributed by atoms with Crippen LogP contribution in [0.2, 0.25) is 0 Å². The molecule has 2 aromatic heterocycles. The molecule has 0 saturated heterocycles. The van der Waals surface area contributed by atoms with Gasteiger partial charge in [-0.2, -0.15) is 9.97 Å². The van der Waals surface area contributed by atoms with Crippen molar-refractivity contribution in [3.8, 4) is 29.1 Å². The Morgan fingerprint density at radius 3 is 2.69 bits per heavy atom. The minimum atomic E-state index is -0.407. The zero-order valence-corrected chi connectivity index (χ0v) is 16.4. The maximum Gasteiger partial charge on any atom is 0.328 e. The summed E-state index contributed by atoms with van der Waals surface area (Å²) in [5.41, 5.74) is 3.32. The highest BCUT2D eigenvalue weighted by molar-refractivity contribution is 5.78. The maximum atomic E-state index is 13.6. The molecule has 2 heterocycles. The van der Waals surface area contributed by atoms with Crippen LogP contribution < -0.4 is 9.47 Å². The fourth-order valence-corrected chi connectivity index (χ4v) is 2.81. The standard InChI is InChI=1S/C22H20FN3O3/c1-4-10-27-20-18-21(29-19(24-18)15-7-5-6-13(2)11-15)26-22(25-20)28-17-12-16(23)9-8-14(17)3/h5-9,11-12H,4,10H2,1-3H3. The smallest absolute Gasteiger partial charge is 0.328 e. The predicted molar refractivity (Wildman–Crippen MR) is 107 cm³/mol. The zero-order chi connectivity index (χ0) is 20.4. The summed E-state index contributed by atoms with van der Waals surface area (Å²) < 4.78 is 30.9. The van der Waals surface area contributed by atoms with Gasteiger partial charge < -0.3 is 13.9 Å². The molecule has 0 atom stereocenters. The molecule has 7 heteroatoms. The van der Waals surface area contributed by atoms with Crippen LogP contribution in [0.15, 0.2) is 46.9 Å². The van der Waals surface area contributed by atoms with Crippen molar-refractivity contribution in [2.75, 3.05) is 6.61 Å². The Hall–Kier alpha value is -3.48. The Labute approximate surface area is 167 Å². The lowest BCUT2D eigenvalue weighted by molar-refractivity contribution is 0.302. The number of nitrogens with zero attached hydrogens (tertiary/aromatic N) is 3. The Morgan fingerprint density at radius 2 is 1.90 bits per heavy atom. The average molecular weight is 393 g/mol. The molecule has 6 nitrogen and oxygen atoms in total. The van der Waals surface area contributed by atoms with Crippen molar-refractivity contribution in [1.82, 2.24) is 15.0 Å². The van der Waals surface area contributed by atoms with Crippen molar-refractivity contribution in [3.05, 3.63) is 59.4 Å². The molecule has 2 aromatic carbocycles. The van der Waals surface area contributed by atoms with E-state index < -0.39 is 5.82 Å². The third-order valence-corrected chi connectivity index (χ3v) is 4.27. The Bertz CT molecular complexity index is 1170. The van der Waals surface area contributed by atoms with E-state index in [1.165, 1.54) is 12.1 Å². The number of fused-ring (bicyclic) bond motifs is 1. The number of ether oxygens (including phenoxy) is 2. The first-order chi connectivity index (χ1) is 14.0. The number of aromatic nitrogens is 3. The van der Waals surface area contributed by atoms with Gasteiger partial charge in [-0.05, 0) is 44.0 Å². The molecule has 0 bridgehead atoms. The normalized spacial score (nSPS) is 11.0. The molecule has 0 spiro atoms. The van der Waals surface area contributed by atoms with Crippen LogP contribution in [0.3, 0.4) is 0 Å². The van der Waals surface area contributed by atoms with Gasteiger partial charge in [-0.1, -0.05) is 30.7 Å². The van der Waals surface area contributed by atoms with E-state index in [0.717, 1.165) is 23.1 Å². The number of benzene rings is 2. The summed E-state index contributed by atoms with van der Waals surface area (Å²) in [6, 6.07) is 12.1. The van der Waals surface area contributed by atoms with E-state index in [4.69, 9.17) is 13.9 Å². The molecule has 4 aromatic rings. The SMILES string of the molecule is CCCOc1nc(Oc2cc(F)ccc2C)nc2oc(-c3cccc(C)c3)nc12. The molecule has 4 rings (SSSR count). The van der Waals surface area contributed by atoms with Gasteiger partial charge in [0.2, 0.25) is 5.89 Å². The van der Waals surface area contributed by atoms with Gasteiger partial charge >= 0.3 is 6.01 Å². The van der Waals surface area contributed by atoms with E-state index >= 15 is 0 Å². The highest BCUT2D eigenvalue weighted by atomic mass is 19.1. The fourth-order valence-electron chi connectivity index (χ4n) is 2.81. The van der Waals surface area contributed by atoms with Crippen LogP contribution in [0.5, 0.6) is 17.6 Å². The minimum absolute atomic E-state index is 0.00393. The van der Waals surface area contributed by atoms with Crippen LogP contribution in [0.4, 0.5) is 4.39 Å². The monoisotopic (exact) mass is 393 g/mol. The van der Waals surface area contributed by atoms with Crippen LogP contribution in [-0.4, -0.2) is 21.6 Å². The predicted octanol–water partition coefficient (Wildman–Crippen LogP) is 5.62. The first-order valence-electron chi connectivity index (χ1n) is 9.36. The van der Waals surface area contributed by atoms with Gasteiger partial charge in [0.15, 0.2) is 5.52 Å². The summed E-state index contributed by atoms with van der Waals surface area (Å²) >= 11 is 0. The highest BCUT2D eigenvalue weighted by Crippen LogP contribution is 2.32. The van der Waals surface area contributed by atoms with Gasteiger partial charge in [0.25, 0.3) is 11.6 Å². The van der Waals surface area contributed by atoms with Crippen LogP contribution in [0.1, 0.15) is 24.5 Å². The average Bonchev–Trinajstić information content (AvgIpc) is 3.13. The summed E-state index contributed by atoms with van der Waals surface area (Å²) in [5.74, 6) is 0.599. The van der Waals surface area contributed by atoms with Gasteiger partial charge in [-0.15, -0.1) is 0 Å². The molecule has 0 aliphatic rings. The number of halogens is 1. The van der Waals surface area contributed by atoms with Crippen LogP contribution >= 0.6 is 0 Å². The molecule has 0 amide bonds. The fraction of sp³-hybridized carbons (Fsp3) is 0.227. The lowest BCUT2D eigenvalue weighted by Crippen LogP contribution is -2.01. The number of aryl methyl sites for hydroxylation is 2. The maximum absolute atomic E-state index is 13.6. The summed E-state index contributed by atoms with van der Waals surface area (Å²) in [5, 5.41) is 0. The molecular formula is C22H20FN3O3. The van der Waals surface area contributed by atoms with Crippen molar-refractivity contribution in [3.63, 3.8) is 0 Å². The third-order valence-electron chi connectivity index (χ3n) is 4.27. The molecule has 148 valence electrons. The van der Waals surface area contributed by atoms with Crippen molar-refractivity contribution in [2.45, 2.75) is 27.2 Å². The number of oxazole rings is 1. The molecule has 0 N–H and O–H groups in total. The minimum Gasteiger partial charge on any atom is -0.476 e. The van der Waals surface area contributed by atoms with E-state index in [-0.39, 0.29) is 17.6 Å². The van der Waals surface area contributed by atoms with Gasteiger partial charge in [-0.3, -0.25) is 0 Å². The molecule has 0 radical (unpaired) electrons. The lowest BCUT2D eigenvalue weighted by atomic mass is 10.1. The zero-order valence-electron chi connectivity index (χ0n) is 16.4. The second-order valence-corrected chi connectivity index (χ2v) is 6.71. The summed E-state index contributed by atoms with van der Waals surface area (Å²) in [4.78, 5) is 13.2. The summed E-state index contributed by atoms with van der Waals surface area (Å²) in [7, 11) is 0. The Morgan fingerprint density at radius 1 is 1.03 bits per heavy atom. The second-order valence-electron chi connectivity index (χ2n) is 6.71. The number of rotatable bonds is 6. The van der Waals surface area contributed by atoms with Crippen molar-refractivity contribution < 1.29 is 18.3 Å². The van der Waals surface area contributed by atoms with Gasteiger partial charge in [0, 0.05) is 11.6 Å². The molecule has 0 aliphatic heterocycles. The van der Waals surface area contributed by atoms with Gasteiger partial charge in [0.1, 0.15) is 11.6 Å². The summed E-state index contributed by atoms with van der Waals surface area (Å²) in [6.45, 7) is 6.26. The quantitative estimate of drug-likeness (QED) is 0.423. The van der Waals surface area contributed by atoms with E-state index in [0.29, 0.717) is 23.8 Å². The van der Waals surface area contributed by atoms with Gasteiger partial charge in [0.05, 0.1) is 6.61 Å². The van der Waals surface area contributed by atoms with E-state index in [1.54, 1.807) is 6.07 Å². The summed E-state index contributed by atoms with van der Waals surface area (Å²) in [6.07, 6.45) is 0.799. The lowest BCUT2D eigenvalue weighted by Gasteiger charge is -2.08. The Kier molecular flexibility index (Phi) is 5.12. The van der Waals surface area contributed by atoms with Crippen molar-refractivity contribution in [2.24, 2.45) is 0 Å². The number of hydrogen-bond acceptors (Lipinski definition) is 6. The molecule has 0 saturated carbocycles. The molecular weight excluding hydrogens is 373 g/mol. The van der Waals surface area contributed by atoms with E-state index in [9.17, 15) is 4.39 Å². The second kappa shape index (κ2) is 7.87. The van der Waals surface area contributed by atoms with Crippen LogP contribution in [0, 0.1) is 19.7 Å². The Balaban J connectivity index is 1.78. The van der Waals surface area contributed by atoms with Gasteiger partial charge in [-0.25, -0.2) is 9.37 Å². The highest BCUT2D eigenvalue weighted by Gasteiger charge is 2.19.